The first-order valence-corrected chi connectivity index (χ1v) is 5.09. The van der Waals surface area contributed by atoms with Crippen molar-refractivity contribution in [2.45, 2.75) is 6.18 Å². The number of hydrogen-bond acceptors (Lipinski definition) is 2. The van der Waals surface area contributed by atoms with Crippen LogP contribution in [0.1, 0.15) is 15.9 Å². The van der Waals surface area contributed by atoms with E-state index >= 15 is 0 Å². The lowest BCUT2D eigenvalue weighted by Crippen LogP contribution is -2.08. The van der Waals surface area contributed by atoms with Crippen LogP contribution in [0.25, 0.3) is 0 Å². The number of hydrogen-bond donors (Lipinski definition) is 0. The van der Waals surface area contributed by atoms with Gasteiger partial charge < -0.3 is 4.74 Å². The smallest absolute Gasteiger partial charge is 0.416 e. The lowest BCUT2D eigenvalue weighted by molar-refractivity contribution is -0.137. The van der Waals surface area contributed by atoms with Gasteiger partial charge in [-0.3, -0.25) is 4.79 Å². The highest BCUT2D eigenvalue weighted by molar-refractivity contribution is 9.10. The third kappa shape index (κ3) is 2.68. The van der Waals surface area contributed by atoms with E-state index in [0.717, 1.165) is 6.07 Å². The molecule has 0 unspecified atom stereocenters. The van der Waals surface area contributed by atoms with Gasteiger partial charge >= 0.3 is 6.18 Å². The Morgan fingerprint density at radius 3 is 2.38 bits per heavy atom. The van der Waals surface area contributed by atoms with Gasteiger partial charge in [-0.25, -0.2) is 0 Å². The summed E-state index contributed by atoms with van der Waals surface area (Å²) in [5.41, 5.74) is -1.30. The standard InChI is InChI=1S/C9H5BrClF3O2/c1-16-7-5(8(11)15)2-4(3-6(7)10)9(12,13)14/h2-3H,1H3. The highest BCUT2D eigenvalue weighted by Gasteiger charge is 2.33. The number of carbonyl (C=O) groups excluding carboxylic acids is 1. The second kappa shape index (κ2) is 4.63. The van der Waals surface area contributed by atoms with Crippen LogP contribution in [0.2, 0.25) is 0 Å². The molecule has 0 fully saturated rings. The van der Waals surface area contributed by atoms with E-state index < -0.39 is 17.0 Å². The highest BCUT2D eigenvalue weighted by Crippen LogP contribution is 2.38. The molecule has 0 aliphatic carbocycles. The molecule has 0 saturated heterocycles. The van der Waals surface area contributed by atoms with Gasteiger partial charge in [0, 0.05) is 0 Å². The quantitative estimate of drug-likeness (QED) is 0.774. The molecule has 0 N–H and O–H groups in total. The molecule has 2 nitrogen and oxygen atoms in total. The number of ether oxygens (including phenoxy) is 1. The van der Waals surface area contributed by atoms with Crippen molar-refractivity contribution in [1.29, 1.82) is 0 Å². The van der Waals surface area contributed by atoms with Crippen molar-refractivity contribution in [1.82, 2.24) is 0 Å². The highest BCUT2D eigenvalue weighted by atomic mass is 79.9. The molecule has 0 atom stereocenters. The van der Waals surface area contributed by atoms with Gasteiger partial charge in [0.25, 0.3) is 5.24 Å². The van der Waals surface area contributed by atoms with Gasteiger partial charge in [0.1, 0.15) is 5.75 Å². The maximum Gasteiger partial charge on any atom is 0.416 e. The van der Waals surface area contributed by atoms with Gasteiger partial charge in [0.05, 0.1) is 22.7 Å². The summed E-state index contributed by atoms with van der Waals surface area (Å²) in [6, 6.07) is 1.47. The predicted octanol–water partition coefficient (Wildman–Crippen LogP) is 3.86. The largest absolute Gasteiger partial charge is 0.495 e. The van der Waals surface area contributed by atoms with Crippen molar-refractivity contribution < 1.29 is 22.7 Å². The van der Waals surface area contributed by atoms with E-state index in [-0.39, 0.29) is 15.8 Å². The van der Waals surface area contributed by atoms with Crippen LogP contribution in [0.15, 0.2) is 16.6 Å². The van der Waals surface area contributed by atoms with Crippen molar-refractivity contribution in [2.24, 2.45) is 0 Å². The van der Waals surface area contributed by atoms with E-state index in [1.165, 1.54) is 7.11 Å². The van der Waals surface area contributed by atoms with Crippen LogP contribution in [0.5, 0.6) is 5.75 Å². The van der Waals surface area contributed by atoms with Gasteiger partial charge in [0.2, 0.25) is 0 Å². The van der Waals surface area contributed by atoms with Crippen molar-refractivity contribution in [3.8, 4) is 5.75 Å². The molecule has 7 heteroatoms. The van der Waals surface area contributed by atoms with Crippen molar-refractivity contribution in [3.05, 3.63) is 27.7 Å². The van der Waals surface area contributed by atoms with Crippen molar-refractivity contribution in [2.75, 3.05) is 7.11 Å². The summed E-state index contributed by atoms with van der Waals surface area (Å²) in [7, 11) is 1.23. The van der Waals surface area contributed by atoms with Gasteiger partial charge in [-0.2, -0.15) is 13.2 Å². The first-order chi connectivity index (χ1) is 7.27. The zero-order valence-electron chi connectivity index (χ0n) is 7.86. The van der Waals surface area contributed by atoms with Gasteiger partial charge in [-0.15, -0.1) is 0 Å². The Morgan fingerprint density at radius 2 is 2.00 bits per heavy atom. The molecule has 0 aromatic heterocycles. The number of alkyl halides is 3. The van der Waals surface area contributed by atoms with Crippen LogP contribution in [-0.2, 0) is 6.18 Å². The summed E-state index contributed by atoms with van der Waals surface area (Å²) in [5.74, 6) is -0.0204. The Hall–Kier alpha value is -0.750. The summed E-state index contributed by atoms with van der Waals surface area (Å²) in [6.07, 6.45) is -4.55. The maximum atomic E-state index is 12.4. The van der Waals surface area contributed by atoms with Crippen LogP contribution in [0, 0.1) is 0 Å². The van der Waals surface area contributed by atoms with E-state index in [1.807, 2.05) is 0 Å². The summed E-state index contributed by atoms with van der Waals surface area (Å²) in [4.78, 5) is 11.0. The van der Waals surface area contributed by atoms with E-state index in [0.29, 0.717) is 6.07 Å². The third-order valence-corrected chi connectivity index (χ3v) is 2.58. The average molecular weight is 317 g/mol. The first-order valence-electron chi connectivity index (χ1n) is 3.92. The van der Waals surface area contributed by atoms with Crippen molar-refractivity contribution >= 4 is 32.8 Å². The molecule has 16 heavy (non-hydrogen) atoms. The summed E-state index contributed by atoms with van der Waals surface area (Å²) < 4.78 is 42.1. The molecule has 0 spiro atoms. The molecule has 0 aliphatic rings. The van der Waals surface area contributed by atoms with E-state index in [2.05, 4.69) is 15.9 Å². The van der Waals surface area contributed by atoms with Crippen LogP contribution in [0.4, 0.5) is 13.2 Å². The van der Waals surface area contributed by atoms with Gasteiger partial charge in [-0.05, 0) is 39.7 Å². The lowest BCUT2D eigenvalue weighted by Gasteiger charge is -2.12. The Morgan fingerprint density at radius 1 is 1.44 bits per heavy atom. The number of benzene rings is 1. The Balaban J connectivity index is 3.46. The van der Waals surface area contributed by atoms with Gasteiger partial charge in [0.15, 0.2) is 0 Å². The average Bonchev–Trinajstić information content (AvgIpc) is 2.14. The minimum atomic E-state index is -4.55. The lowest BCUT2D eigenvalue weighted by atomic mass is 10.1. The number of carbonyl (C=O) groups is 1. The molecule has 0 radical (unpaired) electrons. The second-order valence-electron chi connectivity index (χ2n) is 2.81. The van der Waals surface area contributed by atoms with Crippen molar-refractivity contribution in [3.63, 3.8) is 0 Å². The molecule has 1 rings (SSSR count). The Labute approximate surface area is 102 Å². The third-order valence-electron chi connectivity index (χ3n) is 1.79. The van der Waals surface area contributed by atoms with Crippen LogP contribution in [0.3, 0.4) is 0 Å². The maximum absolute atomic E-state index is 12.4. The SMILES string of the molecule is COc1c(Br)cc(C(F)(F)F)cc1C(=O)Cl. The monoisotopic (exact) mass is 316 g/mol. The molecule has 0 aliphatic heterocycles. The summed E-state index contributed by atoms with van der Waals surface area (Å²) in [5, 5.41) is -1.01. The molecular weight excluding hydrogens is 312 g/mol. The second-order valence-corrected chi connectivity index (χ2v) is 4.01. The Kier molecular flexibility index (Phi) is 3.85. The number of rotatable bonds is 2. The molecule has 1 aromatic rings. The van der Waals surface area contributed by atoms with E-state index in [9.17, 15) is 18.0 Å². The molecular formula is C9H5BrClF3O2. The number of halogens is 5. The molecule has 1 aromatic carbocycles. The fraction of sp³-hybridized carbons (Fsp3) is 0.222. The Bertz CT molecular complexity index is 431. The van der Waals surface area contributed by atoms with Crippen LogP contribution < -0.4 is 4.74 Å². The fourth-order valence-electron chi connectivity index (χ4n) is 1.11. The normalized spacial score (nSPS) is 11.4. The summed E-state index contributed by atoms with van der Waals surface area (Å²) in [6.45, 7) is 0. The van der Waals surface area contributed by atoms with Crippen LogP contribution >= 0.6 is 27.5 Å². The minimum Gasteiger partial charge on any atom is -0.495 e. The molecule has 0 bridgehead atoms. The zero-order chi connectivity index (χ0) is 12.5. The molecule has 0 heterocycles. The zero-order valence-corrected chi connectivity index (χ0v) is 10.2. The number of methoxy groups -OCH3 is 1. The summed E-state index contributed by atoms with van der Waals surface area (Å²) >= 11 is 8.06. The van der Waals surface area contributed by atoms with Gasteiger partial charge in [-0.1, -0.05) is 0 Å². The topological polar surface area (TPSA) is 26.3 Å². The molecule has 0 amide bonds. The minimum absolute atomic E-state index is 0.0204. The van der Waals surface area contributed by atoms with E-state index in [4.69, 9.17) is 16.3 Å². The van der Waals surface area contributed by atoms with E-state index in [1.54, 1.807) is 0 Å². The van der Waals surface area contributed by atoms with Crippen LogP contribution in [-0.4, -0.2) is 12.4 Å². The fourth-order valence-corrected chi connectivity index (χ4v) is 1.87. The first kappa shape index (κ1) is 13.3. The predicted molar refractivity (Wildman–Crippen MR) is 55.9 cm³/mol. The molecule has 88 valence electrons. The molecule has 0 saturated carbocycles.